The highest BCUT2D eigenvalue weighted by Gasteiger charge is 2.33. The minimum absolute atomic E-state index is 0.0296. The van der Waals surface area contributed by atoms with Crippen molar-refractivity contribution >= 4 is 11.5 Å². The van der Waals surface area contributed by atoms with Gasteiger partial charge in [-0.1, -0.05) is 42.0 Å². The summed E-state index contributed by atoms with van der Waals surface area (Å²) in [5, 5.41) is 2.68. The Morgan fingerprint density at radius 2 is 1.92 bits per heavy atom. The number of fused-ring (bicyclic) bond motifs is 2. The largest absolute Gasteiger partial charge is 0.355 e. The van der Waals surface area contributed by atoms with E-state index < -0.39 is 0 Å². The van der Waals surface area contributed by atoms with E-state index in [9.17, 15) is 4.79 Å². The van der Waals surface area contributed by atoms with E-state index in [0.29, 0.717) is 5.92 Å². The van der Waals surface area contributed by atoms with Crippen molar-refractivity contribution in [2.24, 2.45) is 0 Å². The molecular formula is C22H24N2O. The number of nitrogens with one attached hydrogen (secondary N) is 1. The quantitative estimate of drug-likeness (QED) is 0.933. The summed E-state index contributed by atoms with van der Waals surface area (Å²) in [6.45, 7) is 2.19. The second kappa shape index (κ2) is 6.49. The Labute approximate surface area is 149 Å². The number of carbonyl (C=O) groups is 1. The van der Waals surface area contributed by atoms with Crippen LogP contribution < -0.4 is 5.32 Å². The maximum absolute atomic E-state index is 11.7. The third-order valence-corrected chi connectivity index (χ3v) is 5.54. The van der Waals surface area contributed by atoms with E-state index in [1.165, 1.54) is 22.3 Å². The molecule has 0 spiro atoms. The van der Waals surface area contributed by atoms with Gasteiger partial charge in [0.05, 0.1) is 0 Å². The average molecular weight is 332 g/mol. The van der Waals surface area contributed by atoms with Gasteiger partial charge >= 0.3 is 0 Å². The first kappa shape index (κ1) is 16.1. The van der Waals surface area contributed by atoms with E-state index in [2.05, 4.69) is 53.7 Å². The summed E-state index contributed by atoms with van der Waals surface area (Å²) in [5.41, 5.74) is 8.08. The average Bonchev–Trinajstić information content (AvgIpc) is 2.95. The highest BCUT2D eigenvalue weighted by molar-refractivity contribution is 5.94. The van der Waals surface area contributed by atoms with E-state index >= 15 is 0 Å². The Bertz CT molecular complexity index is 835. The molecule has 0 saturated carbocycles. The Balaban J connectivity index is 1.64. The van der Waals surface area contributed by atoms with Crippen LogP contribution in [-0.4, -0.2) is 38.0 Å². The van der Waals surface area contributed by atoms with E-state index in [4.69, 9.17) is 0 Å². The molecule has 128 valence electrons. The lowest BCUT2D eigenvalue weighted by Crippen LogP contribution is -2.26. The lowest BCUT2D eigenvalue weighted by Gasteiger charge is -2.27. The van der Waals surface area contributed by atoms with Crippen molar-refractivity contribution in [3.8, 4) is 0 Å². The second-order valence-corrected chi connectivity index (χ2v) is 7.11. The zero-order valence-electron chi connectivity index (χ0n) is 14.9. The zero-order chi connectivity index (χ0) is 17.4. The number of amides is 1. The maximum atomic E-state index is 11.7. The van der Waals surface area contributed by atoms with E-state index in [-0.39, 0.29) is 5.91 Å². The van der Waals surface area contributed by atoms with Crippen molar-refractivity contribution in [1.82, 2.24) is 10.2 Å². The number of likely N-dealkylation sites (N-methyl/N-ethyl adjacent to an activating group) is 1. The van der Waals surface area contributed by atoms with E-state index in [0.717, 1.165) is 31.5 Å². The molecule has 3 nitrogen and oxygen atoms in total. The van der Waals surface area contributed by atoms with Gasteiger partial charge in [-0.25, -0.2) is 0 Å². The number of nitrogens with zero attached hydrogens (tertiary/aromatic N) is 1. The molecule has 0 fully saturated rings. The molecule has 1 atom stereocenters. The van der Waals surface area contributed by atoms with Crippen LogP contribution in [0.5, 0.6) is 0 Å². The van der Waals surface area contributed by atoms with Crippen LogP contribution in [0.25, 0.3) is 5.57 Å². The Hall–Kier alpha value is -2.39. The topological polar surface area (TPSA) is 32.3 Å². The van der Waals surface area contributed by atoms with Gasteiger partial charge in [-0.15, -0.1) is 0 Å². The fourth-order valence-electron chi connectivity index (χ4n) is 4.22. The van der Waals surface area contributed by atoms with Crippen LogP contribution in [0.1, 0.15) is 39.4 Å². The molecule has 1 aliphatic carbocycles. The molecule has 4 rings (SSSR count). The molecule has 0 aromatic heterocycles. The standard InChI is InChI=1S/C22H24N2O/c1-23-22(25)16-9-7-15(8-10-16)13-20-17-5-3-4-6-18(17)21-14-24(2)12-11-19(20)21/h3-10,20H,11-14H2,1-2H3,(H,23,25). The Morgan fingerprint density at radius 3 is 2.68 bits per heavy atom. The number of hydrogen-bond acceptors (Lipinski definition) is 2. The maximum Gasteiger partial charge on any atom is 0.251 e. The third kappa shape index (κ3) is 2.89. The molecule has 0 saturated heterocycles. The summed E-state index contributed by atoms with van der Waals surface area (Å²) >= 11 is 0. The summed E-state index contributed by atoms with van der Waals surface area (Å²) in [6.07, 6.45) is 2.16. The Kier molecular flexibility index (Phi) is 4.18. The third-order valence-electron chi connectivity index (χ3n) is 5.54. The van der Waals surface area contributed by atoms with Gasteiger partial charge in [-0.2, -0.15) is 0 Å². The molecular weight excluding hydrogens is 308 g/mol. The van der Waals surface area contributed by atoms with Gasteiger partial charge in [0.15, 0.2) is 0 Å². The number of hydrogen-bond donors (Lipinski definition) is 1. The molecule has 0 radical (unpaired) electrons. The number of rotatable bonds is 3. The van der Waals surface area contributed by atoms with Crippen molar-refractivity contribution in [2.45, 2.75) is 18.8 Å². The minimum Gasteiger partial charge on any atom is -0.355 e. The molecule has 3 heteroatoms. The predicted molar refractivity (Wildman–Crippen MR) is 102 cm³/mol. The van der Waals surface area contributed by atoms with Gasteiger partial charge in [0.2, 0.25) is 0 Å². The van der Waals surface area contributed by atoms with Gasteiger partial charge in [-0.05, 0) is 54.3 Å². The highest BCUT2D eigenvalue weighted by Crippen LogP contribution is 2.46. The summed E-state index contributed by atoms with van der Waals surface area (Å²) in [5.74, 6) is 0.448. The molecule has 2 aliphatic rings. The van der Waals surface area contributed by atoms with Crippen molar-refractivity contribution in [3.05, 3.63) is 76.4 Å². The monoisotopic (exact) mass is 332 g/mol. The zero-order valence-corrected chi connectivity index (χ0v) is 14.9. The van der Waals surface area contributed by atoms with Crippen LogP contribution >= 0.6 is 0 Å². The minimum atomic E-state index is -0.0296. The van der Waals surface area contributed by atoms with Crippen LogP contribution in [0.3, 0.4) is 0 Å². The van der Waals surface area contributed by atoms with Gasteiger partial charge in [0, 0.05) is 31.6 Å². The smallest absolute Gasteiger partial charge is 0.251 e. The van der Waals surface area contributed by atoms with Crippen molar-refractivity contribution in [1.29, 1.82) is 0 Å². The van der Waals surface area contributed by atoms with Crippen LogP contribution in [0.15, 0.2) is 54.1 Å². The lowest BCUT2D eigenvalue weighted by atomic mass is 9.86. The van der Waals surface area contributed by atoms with Crippen LogP contribution in [0.2, 0.25) is 0 Å². The van der Waals surface area contributed by atoms with Crippen LogP contribution in [0, 0.1) is 0 Å². The summed E-state index contributed by atoms with van der Waals surface area (Å²) in [7, 11) is 3.87. The molecule has 25 heavy (non-hydrogen) atoms. The van der Waals surface area contributed by atoms with Gasteiger partial charge < -0.3 is 10.2 Å². The molecule has 1 aliphatic heterocycles. The van der Waals surface area contributed by atoms with Crippen molar-refractivity contribution < 1.29 is 4.79 Å². The van der Waals surface area contributed by atoms with Crippen LogP contribution in [-0.2, 0) is 6.42 Å². The van der Waals surface area contributed by atoms with Gasteiger partial charge in [-0.3, -0.25) is 4.79 Å². The summed E-state index contributed by atoms with van der Waals surface area (Å²) in [4.78, 5) is 14.1. The van der Waals surface area contributed by atoms with E-state index in [1.54, 1.807) is 12.6 Å². The summed E-state index contributed by atoms with van der Waals surface area (Å²) in [6, 6.07) is 16.9. The summed E-state index contributed by atoms with van der Waals surface area (Å²) < 4.78 is 0. The predicted octanol–water partition coefficient (Wildman–Crippen LogP) is 3.48. The highest BCUT2D eigenvalue weighted by atomic mass is 16.1. The van der Waals surface area contributed by atoms with Gasteiger partial charge in [0.25, 0.3) is 5.91 Å². The van der Waals surface area contributed by atoms with Gasteiger partial charge in [0.1, 0.15) is 0 Å². The SMILES string of the molecule is CNC(=O)c1ccc(CC2C3=C(CN(C)CC3)c3ccccc32)cc1. The molecule has 1 amide bonds. The number of benzene rings is 2. The normalized spacial score (nSPS) is 19.5. The van der Waals surface area contributed by atoms with Crippen LogP contribution in [0.4, 0.5) is 0 Å². The molecule has 1 unspecified atom stereocenters. The molecule has 1 heterocycles. The molecule has 0 bridgehead atoms. The molecule has 2 aromatic rings. The second-order valence-electron chi connectivity index (χ2n) is 7.11. The first-order chi connectivity index (χ1) is 12.2. The van der Waals surface area contributed by atoms with E-state index in [1.807, 2.05) is 12.1 Å². The lowest BCUT2D eigenvalue weighted by molar-refractivity contribution is 0.0963. The van der Waals surface area contributed by atoms with Crippen molar-refractivity contribution in [2.75, 3.05) is 27.2 Å². The van der Waals surface area contributed by atoms with Crippen molar-refractivity contribution in [3.63, 3.8) is 0 Å². The fraction of sp³-hybridized carbons (Fsp3) is 0.318. The molecule has 1 N–H and O–H groups in total. The Morgan fingerprint density at radius 1 is 1.16 bits per heavy atom. The number of carbonyl (C=O) groups excluding carboxylic acids is 1. The fourth-order valence-corrected chi connectivity index (χ4v) is 4.22. The first-order valence-electron chi connectivity index (χ1n) is 8.98. The first-order valence-corrected chi connectivity index (χ1v) is 8.98. The molecule has 2 aromatic carbocycles.